The summed E-state index contributed by atoms with van der Waals surface area (Å²) in [4.78, 5) is 18.5. The van der Waals surface area contributed by atoms with E-state index in [1.807, 2.05) is 6.92 Å². The molecule has 5 heteroatoms. The van der Waals surface area contributed by atoms with E-state index < -0.39 is 5.97 Å². The summed E-state index contributed by atoms with van der Waals surface area (Å²) < 4.78 is 5.03. The number of nitrogens with zero attached hydrogens (tertiary/aromatic N) is 1. The lowest BCUT2D eigenvalue weighted by molar-refractivity contribution is 0.0487. The quantitative estimate of drug-likeness (QED) is 0.628. The standard InChI is InChI=1S/C12H14N2O3/c1-2-3-6-17-12(16)11-13-9-5-4-8(15)7-10(9)14-11/h4-5,7,15H,2-3,6H2,1H3,(H,13,14). The summed E-state index contributed by atoms with van der Waals surface area (Å²) in [5, 5.41) is 9.29. The first-order valence-electron chi connectivity index (χ1n) is 5.56. The van der Waals surface area contributed by atoms with E-state index in [-0.39, 0.29) is 11.6 Å². The zero-order chi connectivity index (χ0) is 12.3. The minimum Gasteiger partial charge on any atom is -0.508 e. The third-order valence-corrected chi connectivity index (χ3v) is 2.39. The van der Waals surface area contributed by atoms with E-state index >= 15 is 0 Å². The average molecular weight is 234 g/mol. The van der Waals surface area contributed by atoms with Crippen molar-refractivity contribution in [3.8, 4) is 5.75 Å². The fraction of sp³-hybridized carbons (Fsp3) is 0.333. The van der Waals surface area contributed by atoms with Gasteiger partial charge < -0.3 is 14.8 Å². The van der Waals surface area contributed by atoms with E-state index in [0.29, 0.717) is 17.6 Å². The van der Waals surface area contributed by atoms with Gasteiger partial charge in [-0.15, -0.1) is 0 Å². The van der Waals surface area contributed by atoms with E-state index in [4.69, 9.17) is 4.74 Å². The van der Waals surface area contributed by atoms with Gasteiger partial charge in [-0.2, -0.15) is 0 Å². The molecule has 0 saturated carbocycles. The van der Waals surface area contributed by atoms with Crippen molar-refractivity contribution < 1.29 is 14.6 Å². The van der Waals surface area contributed by atoms with Gasteiger partial charge in [0.25, 0.3) is 0 Å². The number of H-pyrrole nitrogens is 1. The van der Waals surface area contributed by atoms with Crippen molar-refractivity contribution in [1.29, 1.82) is 0 Å². The van der Waals surface area contributed by atoms with Gasteiger partial charge in [-0.05, 0) is 18.6 Å². The summed E-state index contributed by atoms with van der Waals surface area (Å²) in [6, 6.07) is 4.69. The molecule has 5 nitrogen and oxygen atoms in total. The van der Waals surface area contributed by atoms with E-state index in [2.05, 4.69) is 9.97 Å². The van der Waals surface area contributed by atoms with Gasteiger partial charge in [-0.1, -0.05) is 13.3 Å². The van der Waals surface area contributed by atoms with Crippen LogP contribution in [0.2, 0.25) is 0 Å². The Kier molecular flexibility index (Phi) is 3.27. The molecule has 0 atom stereocenters. The smallest absolute Gasteiger partial charge is 0.374 e. The Morgan fingerprint density at radius 2 is 2.35 bits per heavy atom. The van der Waals surface area contributed by atoms with Crippen LogP contribution in [0.4, 0.5) is 0 Å². The molecule has 0 spiro atoms. The third kappa shape index (κ3) is 2.55. The highest BCUT2D eigenvalue weighted by Gasteiger charge is 2.12. The van der Waals surface area contributed by atoms with Gasteiger partial charge in [0.15, 0.2) is 0 Å². The number of carbonyl (C=O) groups excluding carboxylic acids is 1. The third-order valence-electron chi connectivity index (χ3n) is 2.39. The zero-order valence-corrected chi connectivity index (χ0v) is 9.56. The van der Waals surface area contributed by atoms with Gasteiger partial charge in [0.1, 0.15) is 5.75 Å². The molecular weight excluding hydrogens is 220 g/mol. The van der Waals surface area contributed by atoms with Crippen LogP contribution < -0.4 is 0 Å². The van der Waals surface area contributed by atoms with Crippen molar-refractivity contribution in [2.45, 2.75) is 19.8 Å². The number of nitrogens with one attached hydrogen (secondary N) is 1. The first-order valence-corrected chi connectivity index (χ1v) is 5.56. The highest BCUT2D eigenvalue weighted by Crippen LogP contribution is 2.17. The number of rotatable bonds is 4. The normalized spacial score (nSPS) is 10.6. The topological polar surface area (TPSA) is 75.2 Å². The number of ether oxygens (including phenoxy) is 1. The Morgan fingerprint density at radius 3 is 3.12 bits per heavy atom. The Morgan fingerprint density at radius 1 is 1.53 bits per heavy atom. The Balaban J connectivity index is 2.15. The average Bonchev–Trinajstić information content (AvgIpc) is 2.72. The fourth-order valence-electron chi connectivity index (χ4n) is 1.47. The van der Waals surface area contributed by atoms with Gasteiger partial charge in [-0.25, -0.2) is 9.78 Å². The Labute approximate surface area is 98.4 Å². The Hall–Kier alpha value is -2.04. The van der Waals surface area contributed by atoms with Gasteiger partial charge in [0.05, 0.1) is 17.6 Å². The van der Waals surface area contributed by atoms with Crippen LogP contribution in [0, 0.1) is 0 Å². The number of phenols is 1. The number of imidazole rings is 1. The van der Waals surface area contributed by atoms with Crippen molar-refractivity contribution in [3.05, 3.63) is 24.0 Å². The number of esters is 1. The molecule has 0 bridgehead atoms. The van der Waals surface area contributed by atoms with Crippen molar-refractivity contribution in [2.75, 3.05) is 6.61 Å². The summed E-state index contributed by atoms with van der Waals surface area (Å²) >= 11 is 0. The van der Waals surface area contributed by atoms with Crippen LogP contribution in [-0.4, -0.2) is 27.7 Å². The van der Waals surface area contributed by atoms with Crippen LogP contribution >= 0.6 is 0 Å². The first-order chi connectivity index (χ1) is 8.20. The summed E-state index contributed by atoms with van der Waals surface area (Å²) in [6.45, 7) is 2.43. The van der Waals surface area contributed by atoms with E-state index in [1.54, 1.807) is 6.07 Å². The molecule has 2 aromatic rings. The molecule has 0 radical (unpaired) electrons. The highest BCUT2D eigenvalue weighted by atomic mass is 16.5. The van der Waals surface area contributed by atoms with Crippen LogP contribution in [0.3, 0.4) is 0 Å². The molecule has 2 N–H and O–H groups in total. The maximum absolute atomic E-state index is 11.6. The minimum atomic E-state index is -0.464. The van der Waals surface area contributed by atoms with Crippen LogP contribution in [0.15, 0.2) is 18.2 Å². The molecule has 0 fully saturated rings. The van der Waals surface area contributed by atoms with E-state index in [0.717, 1.165) is 12.8 Å². The molecule has 0 aliphatic heterocycles. The number of aromatic amines is 1. The molecule has 0 unspecified atom stereocenters. The largest absolute Gasteiger partial charge is 0.508 e. The number of benzene rings is 1. The summed E-state index contributed by atoms with van der Waals surface area (Å²) in [6.07, 6.45) is 1.81. The Bertz CT molecular complexity index is 534. The van der Waals surface area contributed by atoms with E-state index in [9.17, 15) is 9.90 Å². The number of hydrogen-bond donors (Lipinski definition) is 2. The van der Waals surface area contributed by atoms with Crippen molar-refractivity contribution in [1.82, 2.24) is 9.97 Å². The molecule has 17 heavy (non-hydrogen) atoms. The maximum atomic E-state index is 11.6. The second-order valence-corrected chi connectivity index (χ2v) is 3.78. The lowest BCUT2D eigenvalue weighted by Gasteiger charge is -1.99. The highest BCUT2D eigenvalue weighted by molar-refractivity contribution is 5.90. The van der Waals surface area contributed by atoms with Crippen LogP contribution in [0.5, 0.6) is 5.75 Å². The molecule has 1 aromatic heterocycles. The zero-order valence-electron chi connectivity index (χ0n) is 9.56. The SMILES string of the molecule is CCCCOC(=O)c1nc2ccc(O)cc2[nH]1. The minimum absolute atomic E-state index is 0.132. The first kappa shape index (κ1) is 11.4. The molecule has 2 rings (SSSR count). The van der Waals surface area contributed by atoms with Gasteiger partial charge in [-0.3, -0.25) is 0 Å². The molecule has 0 aliphatic rings. The van der Waals surface area contributed by atoms with Gasteiger partial charge in [0.2, 0.25) is 5.82 Å². The van der Waals surface area contributed by atoms with Crippen LogP contribution in [-0.2, 0) is 4.74 Å². The number of aromatic hydroxyl groups is 1. The second kappa shape index (κ2) is 4.86. The monoisotopic (exact) mass is 234 g/mol. The predicted octanol–water partition coefficient (Wildman–Crippen LogP) is 2.23. The van der Waals surface area contributed by atoms with Gasteiger partial charge in [0, 0.05) is 6.07 Å². The second-order valence-electron chi connectivity index (χ2n) is 3.78. The number of fused-ring (bicyclic) bond motifs is 1. The molecule has 90 valence electrons. The molecule has 1 heterocycles. The van der Waals surface area contributed by atoms with Crippen LogP contribution in [0.25, 0.3) is 11.0 Å². The van der Waals surface area contributed by atoms with Crippen LogP contribution in [0.1, 0.15) is 30.4 Å². The molecular formula is C12H14N2O3. The number of carbonyl (C=O) groups is 1. The summed E-state index contributed by atoms with van der Waals surface area (Å²) in [5.74, 6) is -0.164. The van der Waals surface area contributed by atoms with Gasteiger partial charge >= 0.3 is 5.97 Å². The summed E-state index contributed by atoms with van der Waals surface area (Å²) in [5.41, 5.74) is 1.25. The number of unbranched alkanes of at least 4 members (excludes halogenated alkanes) is 1. The fourth-order valence-corrected chi connectivity index (χ4v) is 1.47. The molecule has 1 aromatic carbocycles. The number of aromatic nitrogens is 2. The molecule has 0 amide bonds. The predicted molar refractivity (Wildman–Crippen MR) is 62.9 cm³/mol. The lowest BCUT2D eigenvalue weighted by atomic mass is 10.3. The number of phenolic OH excluding ortho intramolecular Hbond substituents is 1. The van der Waals surface area contributed by atoms with Crippen molar-refractivity contribution in [2.24, 2.45) is 0 Å². The van der Waals surface area contributed by atoms with Crippen molar-refractivity contribution in [3.63, 3.8) is 0 Å². The summed E-state index contributed by atoms with van der Waals surface area (Å²) in [7, 11) is 0. The number of hydrogen-bond acceptors (Lipinski definition) is 4. The molecule has 0 aliphatic carbocycles. The van der Waals surface area contributed by atoms with E-state index in [1.165, 1.54) is 12.1 Å². The molecule has 0 saturated heterocycles. The van der Waals surface area contributed by atoms with Crippen molar-refractivity contribution >= 4 is 17.0 Å². The lowest BCUT2D eigenvalue weighted by Crippen LogP contribution is -2.08. The maximum Gasteiger partial charge on any atom is 0.374 e.